The minimum atomic E-state index is -0.178. The lowest BCUT2D eigenvalue weighted by Crippen LogP contribution is -2.30. The Morgan fingerprint density at radius 1 is 1.24 bits per heavy atom. The highest BCUT2D eigenvalue weighted by atomic mass is 32.2. The van der Waals surface area contributed by atoms with Crippen molar-refractivity contribution >= 4 is 29.0 Å². The lowest BCUT2D eigenvalue weighted by molar-refractivity contribution is -0.119. The zero-order chi connectivity index (χ0) is 20.1. The van der Waals surface area contributed by atoms with Gasteiger partial charge in [-0.15, -0.1) is 16.4 Å². The summed E-state index contributed by atoms with van der Waals surface area (Å²) in [4.78, 5) is 13.8. The molecule has 29 heavy (non-hydrogen) atoms. The number of nitrogens with one attached hydrogen (secondary N) is 1. The molecule has 0 aliphatic carbocycles. The van der Waals surface area contributed by atoms with E-state index in [1.54, 1.807) is 22.3 Å². The van der Waals surface area contributed by atoms with E-state index in [0.717, 1.165) is 16.2 Å². The fourth-order valence-electron chi connectivity index (χ4n) is 2.82. The number of hydrogen-bond acceptors (Lipinski definition) is 7. The van der Waals surface area contributed by atoms with Gasteiger partial charge in [-0.3, -0.25) is 4.79 Å². The van der Waals surface area contributed by atoms with E-state index in [-0.39, 0.29) is 17.7 Å². The molecule has 0 saturated carbocycles. The second kappa shape index (κ2) is 9.06. The highest BCUT2D eigenvalue weighted by molar-refractivity contribution is 7.99. The van der Waals surface area contributed by atoms with Crippen molar-refractivity contribution in [1.29, 1.82) is 0 Å². The molecule has 0 fully saturated rings. The molecule has 1 atom stereocenters. The SMILES string of the molecule is Cc1ccc([C@H](NC(=O)CSc2nnnn2Cc2ccco2)c2cccs2)cc1. The average Bonchev–Trinajstić information content (AvgIpc) is 3.49. The van der Waals surface area contributed by atoms with Crippen LogP contribution in [0.15, 0.2) is 69.7 Å². The first-order valence-electron chi connectivity index (χ1n) is 9.00. The summed E-state index contributed by atoms with van der Waals surface area (Å²) in [5.74, 6) is 0.883. The number of tetrazole rings is 1. The molecule has 4 aromatic rings. The zero-order valence-corrected chi connectivity index (χ0v) is 17.3. The van der Waals surface area contributed by atoms with Crippen LogP contribution in [-0.2, 0) is 11.3 Å². The van der Waals surface area contributed by atoms with Crippen LogP contribution in [-0.4, -0.2) is 31.9 Å². The van der Waals surface area contributed by atoms with Crippen molar-refractivity contribution in [3.8, 4) is 0 Å². The molecule has 4 rings (SSSR count). The summed E-state index contributed by atoms with van der Waals surface area (Å²) in [6.45, 7) is 2.47. The molecule has 0 saturated heterocycles. The van der Waals surface area contributed by atoms with Crippen molar-refractivity contribution in [3.63, 3.8) is 0 Å². The molecule has 0 unspecified atom stereocenters. The molecule has 1 N–H and O–H groups in total. The van der Waals surface area contributed by atoms with E-state index in [2.05, 4.69) is 45.1 Å². The van der Waals surface area contributed by atoms with Crippen LogP contribution in [0.25, 0.3) is 0 Å². The van der Waals surface area contributed by atoms with Gasteiger partial charge in [0.25, 0.3) is 0 Å². The summed E-state index contributed by atoms with van der Waals surface area (Å²) in [6.07, 6.45) is 1.61. The Morgan fingerprint density at radius 2 is 2.10 bits per heavy atom. The first kappa shape index (κ1) is 19.4. The minimum Gasteiger partial charge on any atom is -0.467 e. The van der Waals surface area contributed by atoms with Gasteiger partial charge in [0.15, 0.2) is 0 Å². The Hall–Kier alpha value is -2.91. The van der Waals surface area contributed by atoms with Crippen molar-refractivity contribution in [3.05, 3.63) is 81.9 Å². The molecule has 1 aromatic carbocycles. The van der Waals surface area contributed by atoms with E-state index in [9.17, 15) is 4.79 Å². The summed E-state index contributed by atoms with van der Waals surface area (Å²) < 4.78 is 6.95. The Bertz CT molecular complexity index is 1040. The number of hydrogen-bond donors (Lipinski definition) is 1. The number of furan rings is 1. The van der Waals surface area contributed by atoms with Crippen LogP contribution < -0.4 is 5.32 Å². The molecule has 9 heteroatoms. The topological polar surface area (TPSA) is 85.8 Å². The van der Waals surface area contributed by atoms with Crippen LogP contribution in [0.2, 0.25) is 0 Å². The first-order valence-corrected chi connectivity index (χ1v) is 10.9. The van der Waals surface area contributed by atoms with E-state index < -0.39 is 0 Å². The molecule has 0 aliphatic rings. The molecule has 3 heterocycles. The number of carbonyl (C=O) groups excluding carboxylic acids is 1. The maximum Gasteiger partial charge on any atom is 0.231 e. The third kappa shape index (κ3) is 4.93. The first-order chi connectivity index (χ1) is 14.2. The predicted octanol–water partition coefficient (Wildman–Crippen LogP) is 3.68. The van der Waals surface area contributed by atoms with Gasteiger partial charge < -0.3 is 9.73 Å². The normalized spacial score (nSPS) is 12.0. The van der Waals surface area contributed by atoms with Crippen molar-refractivity contribution < 1.29 is 9.21 Å². The fourth-order valence-corrected chi connectivity index (χ4v) is 4.31. The number of amides is 1. The van der Waals surface area contributed by atoms with Crippen LogP contribution in [0.4, 0.5) is 0 Å². The Kier molecular flexibility index (Phi) is 6.06. The number of aromatic nitrogens is 4. The number of benzene rings is 1. The molecule has 7 nitrogen and oxygen atoms in total. The van der Waals surface area contributed by atoms with Crippen molar-refractivity contribution in [2.75, 3.05) is 5.75 Å². The van der Waals surface area contributed by atoms with Gasteiger partial charge in [-0.2, -0.15) is 0 Å². The second-order valence-electron chi connectivity index (χ2n) is 6.41. The monoisotopic (exact) mass is 425 g/mol. The summed E-state index contributed by atoms with van der Waals surface area (Å²) in [5.41, 5.74) is 2.24. The average molecular weight is 426 g/mol. The molecule has 0 aliphatic heterocycles. The Labute approximate surface area is 176 Å². The third-order valence-corrected chi connectivity index (χ3v) is 6.16. The summed E-state index contributed by atoms with van der Waals surface area (Å²) in [6, 6.07) is 15.7. The van der Waals surface area contributed by atoms with Crippen molar-refractivity contribution in [1.82, 2.24) is 25.5 Å². The van der Waals surface area contributed by atoms with Crippen molar-refractivity contribution in [2.24, 2.45) is 0 Å². The van der Waals surface area contributed by atoms with E-state index in [4.69, 9.17) is 4.42 Å². The lowest BCUT2D eigenvalue weighted by Gasteiger charge is -2.18. The Balaban J connectivity index is 1.41. The predicted molar refractivity (Wildman–Crippen MR) is 112 cm³/mol. The van der Waals surface area contributed by atoms with Crippen LogP contribution in [0.3, 0.4) is 0 Å². The molecule has 1 amide bonds. The van der Waals surface area contributed by atoms with Gasteiger partial charge in [0.1, 0.15) is 12.3 Å². The zero-order valence-electron chi connectivity index (χ0n) is 15.7. The summed E-state index contributed by atoms with van der Waals surface area (Å²) in [7, 11) is 0. The maximum atomic E-state index is 12.7. The number of rotatable bonds is 8. The maximum absolute atomic E-state index is 12.7. The van der Waals surface area contributed by atoms with E-state index in [1.807, 2.05) is 36.6 Å². The number of thiophene rings is 1. The van der Waals surface area contributed by atoms with Crippen LogP contribution >= 0.6 is 23.1 Å². The highest BCUT2D eigenvalue weighted by Crippen LogP contribution is 2.26. The van der Waals surface area contributed by atoms with Gasteiger partial charge in [0, 0.05) is 4.88 Å². The van der Waals surface area contributed by atoms with Gasteiger partial charge in [0.05, 0.1) is 18.1 Å². The quantitative estimate of drug-likeness (QED) is 0.434. The number of carbonyl (C=O) groups is 1. The molecule has 0 spiro atoms. The summed E-state index contributed by atoms with van der Waals surface area (Å²) >= 11 is 2.92. The van der Waals surface area contributed by atoms with Crippen LogP contribution in [0.1, 0.15) is 27.8 Å². The fraction of sp³-hybridized carbons (Fsp3) is 0.200. The second-order valence-corrected chi connectivity index (χ2v) is 8.34. The molecule has 0 bridgehead atoms. The summed E-state index contributed by atoms with van der Waals surface area (Å²) in [5, 5.41) is 17.4. The van der Waals surface area contributed by atoms with E-state index in [0.29, 0.717) is 11.7 Å². The number of nitrogens with zero attached hydrogens (tertiary/aromatic N) is 4. The molecule has 0 radical (unpaired) electrons. The standard InChI is InChI=1S/C20H19N5O2S2/c1-14-6-8-15(9-7-14)19(17-5-3-11-28-17)21-18(26)13-29-20-22-23-24-25(20)12-16-4-2-10-27-16/h2-11,19H,12-13H2,1H3,(H,21,26)/t19-/m0/s1. The highest BCUT2D eigenvalue weighted by Gasteiger charge is 2.19. The largest absolute Gasteiger partial charge is 0.467 e. The lowest BCUT2D eigenvalue weighted by atomic mass is 10.0. The smallest absolute Gasteiger partial charge is 0.231 e. The minimum absolute atomic E-state index is 0.0819. The van der Waals surface area contributed by atoms with Crippen molar-refractivity contribution in [2.45, 2.75) is 24.7 Å². The molecule has 148 valence electrons. The van der Waals surface area contributed by atoms with Gasteiger partial charge in [-0.25, -0.2) is 4.68 Å². The van der Waals surface area contributed by atoms with E-state index >= 15 is 0 Å². The molecule has 3 aromatic heterocycles. The number of aryl methyl sites for hydroxylation is 1. The van der Waals surface area contributed by atoms with Gasteiger partial charge >= 0.3 is 0 Å². The van der Waals surface area contributed by atoms with Gasteiger partial charge in [-0.05, 0) is 46.5 Å². The molecular formula is C20H19N5O2S2. The Morgan fingerprint density at radius 3 is 2.83 bits per heavy atom. The van der Waals surface area contributed by atoms with Gasteiger partial charge in [-0.1, -0.05) is 47.7 Å². The van der Waals surface area contributed by atoms with Crippen LogP contribution in [0, 0.1) is 6.92 Å². The number of thioether (sulfide) groups is 1. The molecular weight excluding hydrogens is 406 g/mol. The van der Waals surface area contributed by atoms with Gasteiger partial charge in [0.2, 0.25) is 11.1 Å². The van der Waals surface area contributed by atoms with E-state index in [1.165, 1.54) is 17.3 Å². The third-order valence-electron chi connectivity index (χ3n) is 4.26. The van der Waals surface area contributed by atoms with Crippen LogP contribution in [0.5, 0.6) is 0 Å².